The van der Waals surface area contributed by atoms with E-state index in [9.17, 15) is 22.4 Å². The predicted molar refractivity (Wildman–Crippen MR) is 144 cm³/mol. The van der Waals surface area contributed by atoms with Crippen LogP contribution in [0.25, 0.3) is 0 Å². The minimum absolute atomic E-state index is 0.225. The highest BCUT2D eigenvalue weighted by Crippen LogP contribution is 2.29. The lowest BCUT2D eigenvalue weighted by Crippen LogP contribution is -2.49. The van der Waals surface area contributed by atoms with Crippen LogP contribution in [-0.2, 0) is 25.8 Å². The molecule has 5 nitrogen and oxygen atoms in total. The fraction of sp³-hybridized carbons (Fsp3) is 0.258. The summed E-state index contributed by atoms with van der Waals surface area (Å²) in [5.74, 6) is 0.297. The maximum Gasteiger partial charge on any atom is 0.416 e. The molecule has 4 aromatic rings. The molecule has 3 aromatic carbocycles. The van der Waals surface area contributed by atoms with Crippen molar-refractivity contribution in [2.24, 2.45) is 0 Å². The van der Waals surface area contributed by atoms with Gasteiger partial charge in [-0.05, 0) is 47.5 Å². The monoisotopic (exact) mass is 551 g/mol. The van der Waals surface area contributed by atoms with Gasteiger partial charge in [0.25, 0.3) is 5.91 Å². The van der Waals surface area contributed by atoms with E-state index in [2.05, 4.69) is 4.90 Å². The summed E-state index contributed by atoms with van der Waals surface area (Å²) in [7, 11) is 0. The molecule has 0 N–H and O–H groups in total. The van der Waals surface area contributed by atoms with E-state index in [0.717, 1.165) is 23.3 Å². The Hall–Kier alpha value is -4.11. The molecule has 40 heavy (non-hydrogen) atoms. The molecule has 1 amide bonds. The summed E-state index contributed by atoms with van der Waals surface area (Å²) in [6.45, 7) is 3.22. The van der Waals surface area contributed by atoms with Gasteiger partial charge in [-0.1, -0.05) is 54.6 Å². The van der Waals surface area contributed by atoms with Crippen molar-refractivity contribution >= 4 is 11.6 Å². The highest BCUT2D eigenvalue weighted by atomic mass is 19.4. The summed E-state index contributed by atoms with van der Waals surface area (Å²) in [5, 5.41) is 0. The van der Waals surface area contributed by atoms with E-state index < -0.39 is 11.7 Å². The highest BCUT2D eigenvalue weighted by molar-refractivity contribution is 5.91. The molecule has 9 heteroatoms. The third kappa shape index (κ3) is 6.71. The van der Waals surface area contributed by atoms with E-state index in [1.165, 1.54) is 18.2 Å². The van der Waals surface area contributed by atoms with Crippen LogP contribution < -0.4 is 4.90 Å². The van der Waals surface area contributed by atoms with Gasteiger partial charge in [0.1, 0.15) is 11.6 Å². The minimum Gasteiger partial charge on any atom is -0.455 e. The average Bonchev–Trinajstić information content (AvgIpc) is 3.42. The van der Waals surface area contributed by atoms with E-state index in [4.69, 9.17) is 4.42 Å². The van der Waals surface area contributed by atoms with Gasteiger partial charge >= 0.3 is 6.18 Å². The second-order valence-corrected chi connectivity index (χ2v) is 9.82. The van der Waals surface area contributed by atoms with Gasteiger partial charge in [0, 0.05) is 39.3 Å². The summed E-state index contributed by atoms with van der Waals surface area (Å²) in [6, 6.07) is 24.9. The number of benzene rings is 3. The third-order valence-electron chi connectivity index (χ3n) is 6.95. The van der Waals surface area contributed by atoms with Crippen molar-refractivity contribution < 1.29 is 26.8 Å². The van der Waals surface area contributed by atoms with Crippen LogP contribution in [0.4, 0.5) is 23.2 Å². The van der Waals surface area contributed by atoms with Crippen molar-refractivity contribution in [2.45, 2.75) is 25.8 Å². The van der Waals surface area contributed by atoms with Gasteiger partial charge in [-0.25, -0.2) is 4.39 Å². The average molecular weight is 552 g/mol. The molecule has 0 bridgehead atoms. The molecule has 0 atom stereocenters. The summed E-state index contributed by atoms with van der Waals surface area (Å²) in [6.07, 6.45) is -4.39. The summed E-state index contributed by atoms with van der Waals surface area (Å²) >= 11 is 0. The van der Waals surface area contributed by atoms with Crippen LogP contribution in [0.15, 0.2) is 95.4 Å². The zero-order chi connectivity index (χ0) is 28.1. The van der Waals surface area contributed by atoms with E-state index in [1.807, 2.05) is 35.2 Å². The zero-order valence-electron chi connectivity index (χ0n) is 21.8. The van der Waals surface area contributed by atoms with E-state index in [0.29, 0.717) is 57.3 Å². The molecular formula is C31H29F4N3O2. The number of anilines is 1. The molecule has 1 aliphatic rings. The minimum atomic E-state index is -4.39. The summed E-state index contributed by atoms with van der Waals surface area (Å²) in [4.78, 5) is 18.8. The number of hydrogen-bond acceptors (Lipinski definition) is 4. The number of nitrogens with zero attached hydrogens (tertiary/aromatic N) is 3. The number of alkyl halides is 3. The Morgan fingerprint density at radius 3 is 2.02 bits per heavy atom. The Balaban J connectivity index is 1.24. The van der Waals surface area contributed by atoms with Crippen molar-refractivity contribution in [3.63, 3.8) is 0 Å². The summed E-state index contributed by atoms with van der Waals surface area (Å²) in [5.41, 5.74) is 1.63. The number of furan rings is 1. The fourth-order valence-corrected chi connectivity index (χ4v) is 4.88. The Morgan fingerprint density at radius 1 is 0.750 bits per heavy atom. The number of piperazine rings is 1. The molecule has 1 saturated heterocycles. The van der Waals surface area contributed by atoms with Gasteiger partial charge in [-0.2, -0.15) is 13.2 Å². The molecule has 2 heterocycles. The first kappa shape index (κ1) is 27.5. The first-order valence-electron chi connectivity index (χ1n) is 13.1. The number of para-hydroxylation sites is 1. The molecule has 208 valence electrons. The first-order valence-corrected chi connectivity index (χ1v) is 13.1. The molecule has 1 fully saturated rings. The van der Waals surface area contributed by atoms with Gasteiger partial charge in [-0.15, -0.1) is 0 Å². The molecule has 1 aromatic heterocycles. The van der Waals surface area contributed by atoms with Crippen molar-refractivity contribution in [3.8, 4) is 0 Å². The number of halogens is 4. The van der Waals surface area contributed by atoms with Crippen LogP contribution in [0.5, 0.6) is 0 Å². The lowest BCUT2D eigenvalue weighted by molar-refractivity contribution is -0.137. The topological polar surface area (TPSA) is 39.9 Å². The van der Waals surface area contributed by atoms with E-state index in [1.54, 1.807) is 35.2 Å². The second-order valence-electron chi connectivity index (χ2n) is 9.82. The van der Waals surface area contributed by atoms with Crippen LogP contribution in [0.1, 0.15) is 33.0 Å². The van der Waals surface area contributed by atoms with E-state index in [-0.39, 0.29) is 17.5 Å². The normalized spacial score (nSPS) is 14.1. The Morgan fingerprint density at radius 2 is 1.38 bits per heavy atom. The van der Waals surface area contributed by atoms with Crippen LogP contribution in [0.3, 0.4) is 0 Å². The molecule has 0 saturated carbocycles. The van der Waals surface area contributed by atoms with Crippen molar-refractivity contribution in [1.29, 1.82) is 0 Å². The number of carbonyl (C=O) groups is 1. The molecule has 0 radical (unpaired) electrons. The largest absolute Gasteiger partial charge is 0.455 e. The van der Waals surface area contributed by atoms with Crippen molar-refractivity contribution in [1.82, 2.24) is 9.80 Å². The van der Waals surface area contributed by atoms with Crippen molar-refractivity contribution in [3.05, 3.63) is 125 Å². The Bertz CT molecular complexity index is 1410. The third-order valence-corrected chi connectivity index (χ3v) is 6.95. The molecule has 0 spiro atoms. The Kier molecular flexibility index (Phi) is 8.21. The Labute approximate surface area is 230 Å². The van der Waals surface area contributed by atoms with Gasteiger partial charge in [0.15, 0.2) is 5.76 Å². The van der Waals surface area contributed by atoms with Crippen LogP contribution in [-0.4, -0.2) is 41.9 Å². The lowest BCUT2D eigenvalue weighted by atomic mass is 10.1. The standard InChI is InChI=1S/C31H29F4N3O2/c32-27-8-4-5-9-28(27)37-16-18-38(19-17-37)30(39)29-15-14-26(40-29)22-36(20-23-6-2-1-3-7-23)21-24-10-12-25(13-11-24)31(33,34)35/h1-15H,16-22H2. The number of amides is 1. The number of hydrogen-bond donors (Lipinski definition) is 0. The smallest absolute Gasteiger partial charge is 0.416 e. The quantitative estimate of drug-likeness (QED) is 0.231. The zero-order valence-corrected chi connectivity index (χ0v) is 21.8. The fourth-order valence-electron chi connectivity index (χ4n) is 4.88. The number of carbonyl (C=O) groups excluding carboxylic acids is 1. The van der Waals surface area contributed by atoms with Gasteiger partial charge < -0.3 is 14.2 Å². The highest BCUT2D eigenvalue weighted by Gasteiger charge is 2.30. The summed E-state index contributed by atoms with van der Waals surface area (Å²) < 4.78 is 59.1. The predicted octanol–water partition coefficient (Wildman–Crippen LogP) is 6.60. The van der Waals surface area contributed by atoms with Crippen molar-refractivity contribution in [2.75, 3.05) is 31.1 Å². The van der Waals surface area contributed by atoms with Gasteiger partial charge in [0.2, 0.25) is 0 Å². The van der Waals surface area contributed by atoms with Crippen LogP contribution in [0, 0.1) is 5.82 Å². The van der Waals surface area contributed by atoms with Crippen LogP contribution in [0.2, 0.25) is 0 Å². The van der Waals surface area contributed by atoms with Gasteiger partial charge in [-0.3, -0.25) is 9.69 Å². The van der Waals surface area contributed by atoms with Gasteiger partial charge in [0.05, 0.1) is 17.8 Å². The maximum absolute atomic E-state index is 14.2. The molecule has 5 rings (SSSR count). The number of rotatable bonds is 8. The maximum atomic E-state index is 14.2. The van der Waals surface area contributed by atoms with Crippen LogP contribution >= 0.6 is 0 Å². The molecular weight excluding hydrogens is 522 g/mol. The first-order chi connectivity index (χ1) is 19.3. The molecule has 0 unspecified atom stereocenters. The molecule has 1 aliphatic heterocycles. The lowest BCUT2D eigenvalue weighted by Gasteiger charge is -2.35. The second kappa shape index (κ2) is 12.0. The SMILES string of the molecule is O=C(c1ccc(CN(Cc2ccccc2)Cc2ccc(C(F)(F)F)cc2)o1)N1CCN(c2ccccc2F)CC1. The molecule has 0 aliphatic carbocycles. The van der Waals surface area contributed by atoms with E-state index >= 15 is 0 Å².